The zero-order valence-corrected chi connectivity index (χ0v) is 11.2. The van der Waals surface area contributed by atoms with Gasteiger partial charge in [-0.25, -0.2) is 13.4 Å². The van der Waals surface area contributed by atoms with Gasteiger partial charge in [0, 0.05) is 24.2 Å². The summed E-state index contributed by atoms with van der Waals surface area (Å²) in [6.45, 7) is 5.15. The molecule has 0 bridgehead atoms. The summed E-state index contributed by atoms with van der Waals surface area (Å²) in [5.74, 6) is 0.579. The van der Waals surface area contributed by atoms with Crippen LogP contribution >= 0.6 is 11.3 Å². The lowest BCUT2D eigenvalue weighted by atomic mass is 10.2. The first-order valence-corrected chi connectivity index (χ1v) is 8.24. The van der Waals surface area contributed by atoms with Crippen molar-refractivity contribution in [2.45, 2.75) is 19.0 Å². The molecule has 6 heteroatoms. The van der Waals surface area contributed by atoms with Crippen LogP contribution in [0.25, 0.3) is 0 Å². The summed E-state index contributed by atoms with van der Waals surface area (Å²) in [6.07, 6.45) is 4.32. The van der Waals surface area contributed by atoms with Crippen molar-refractivity contribution in [3.63, 3.8) is 0 Å². The molecule has 0 aromatic carbocycles. The second-order valence-corrected chi connectivity index (χ2v) is 7.41. The summed E-state index contributed by atoms with van der Waals surface area (Å²) < 4.78 is 23.0. The molecule has 2 heterocycles. The van der Waals surface area contributed by atoms with E-state index in [1.54, 1.807) is 17.5 Å². The molecule has 0 radical (unpaired) electrons. The Morgan fingerprint density at radius 2 is 2.47 bits per heavy atom. The third-order valence-corrected chi connectivity index (χ3v) is 5.42. The van der Waals surface area contributed by atoms with Crippen molar-refractivity contribution in [1.29, 1.82) is 0 Å². The maximum absolute atomic E-state index is 11.5. The molecule has 0 N–H and O–H groups in total. The van der Waals surface area contributed by atoms with Crippen LogP contribution in [-0.2, 0) is 16.4 Å². The van der Waals surface area contributed by atoms with Gasteiger partial charge in [0.25, 0.3) is 0 Å². The van der Waals surface area contributed by atoms with E-state index < -0.39 is 9.84 Å². The minimum atomic E-state index is -2.83. The predicted molar refractivity (Wildman–Crippen MR) is 69.8 cm³/mol. The van der Waals surface area contributed by atoms with Crippen LogP contribution in [-0.4, -0.2) is 42.4 Å². The molecule has 1 atom stereocenters. The molecule has 94 valence electrons. The highest BCUT2D eigenvalue weighted by Gasteiger charge is 2.31. The summed E-state index contributed by atoms with van der Waals surface area (Å²) in [7, 11) is -2.83. The van der Waals surface area contributed by atoms with Crippen LogP contribution in [0, 0.1) is 0 Å². The average molecular weight is 272 g/mol. The molecule has 1 fully saturated rings. The van der Waals surface area contributed by atoms with Gasteiger partial charge in [-0.2, -0.15) is 0 Å². The smallest absolute Gasteiger partial charge is 0.151 e. The molecule has 0 aliphatic carbocycles. The molecule has 0 spiro atoms. The van der Waals surface area contributed by atoms with Crippen LogP contribution < -0.4 is 0 Å². The largest absolute Gasteiger partial charge is 0.289 e. The van der Waals surface area contributed by atoms with Gasteiger partial charge >= 0.3 is 0 Å². The van der Waals surface area contributed by atoms with Crippen molar-refractivity contribution in [3.05, 3.63) is 29.2 Å². The van der Waals surface area contributed by atoms with E-state index >= 15 is 0 Å². The Bertz CT molecular complexity index is 468. The summed E-state index contributed by atoms with van der Waals surface area (Å²) >= 11 is 1.60. The lowest BCUT2D eigenvalue weighted by Crippen LogP contribution is -2.35. The Labute approximate surface area is 106 Å². The minimum absolute atomic E-state index is 0.113. The Balaban J connectivity index is 2.05. The van der Waals surface area contributed by atoms with E-state index in [9.17, 15) is 8.42 Å². The summed E-state index contributed by atoms with van der Waals surface area (Å²) in [5.41, 5.74) is 0. The van der Waals surface area contributed by atoms with E-state index in [1.165, 1.54) is 0 Å². The highest BCUT2D eigenvalue weighted by Crippen LogP contribution is 2.20. The average Bonchev–Trinajstić information content (AvgIpc) is 2.87. The first kappa shape index (κ1) is 12.7. The third kappa shape index (κ3) is 3.37. The molecule has 4 nitrogen and oxygen atoms in total. The Morgan fingerprint density at radius 3 is 3.00 bits per heavy atom. The Kier molecular flexibility index (Phi) is 3.96. The van der Waals surface area contributed by atoms with Gasteiger partial charge in [-0.05, 0) is 6.42 Å². The van der Waals surface area contributed by atoms with Gasteiger partial charge in [0.05, 0.1) is 18.1 Å². The highest BCUT2D eigenvalue weighted by molar-refractivity contribution is 7.91. The number of hydrogen-bond acceptors (Lipinski definition) is 5. The molecular weight excluding hydrogens is 256 g/mol. The number of thiazole rings is 1. The highest BCUT2D eigenvalue weighted by atomic mass is 32.2. The van der Waals surface area contributed by atoms with Crippen molar-refractivity contribution >= 4 is 21.2 Å². The number of hydrogen-bond donors (Lipinski definition) is 0. The summed E-state index contributed by atoms with van der Waals surface area (Å²) in [4.78, 5) is 6.39. The van der Waals surface area contributed by atoms with E-state index in [4.69, 9.17) is 0 Å². The quantitative estimate of drug-likeness (QED) is 0.759. The molecule has 2 rings (SSSR count). The van der Waals surface area contributed by atoms with Gasteiger partial charge in [-0.3, -0.25) is 4.90 Å². The van der Waals surface area contributed by atoms with Crippen LogP contribution in [0.15, 0.2) is 24.2 Å². The van der Waals surface area contributed by atoms with Gasteiger partial charge in [-0.15, -0.1) is 17.9 Å². The van der Waals surface area contributed by atoms with Crippen molar-refractivity contribution < 1.29 is 8.42 Å². The molecule has 1 unspecified atom stereocenters. The van der Waals surface area contributed by atoms with Gasteiger partial charge < -0.3 is 0 Å². The van der Waals surface area contributed by atoms with E-state index in [0.29, 0.717) is 18.8 Å². The zero-order valence-electron chi connectivity index (χ0n) is 9.58. The maximum atomic E-state index is 11.5. The minimum Gasteiger partial charge on any atom is -0.289 e. The maximum Gasteiger partial charge on any atom is 0.151 e. The summed E-state index contributed by atoms with van der Waals surface area (Å²) in [6, 6.07) is 0.113. The summed E-state index contributed by atoms with van der Waals surface area (Å²) in [5, 5.41) is 2.96. The third-order valence-electron chi connectivity index (χ3n) is 2.91. The first-order chi connectivity index (χ1) is 8.11. The van der Waals surface area contributed by atoms with Crippen molar-refractivity contribution in [2.75, 3.05) is 18.1 Å². The van der Waals surface area contributed by atoms with E-state index in [1.807, 2.05) is 11.5 Å². The lowest BCUT2D eigenvalue weighted by molar-refractivity contribution is 0.226. The van der Waals surface area contributed by atoms with E-state index in [2.05, 4.69) is 16.5 Å². The molecule has 0 saturated carbocycles. The monoisotopic (exact) mass is 272 g/mol. The van der Waals surface area contributed by atoms with Gasteiger partial charge in [0.15, 0.2) is 9.84 Å². The SMILES string of the molecule is C=CCN(Cc1nccs1)C1CCS(=O)(=O)C1. The van der Waals surface area contributed by atoms with Gasteiger partial charge in [0.1, 0.15) is 5.01 Å². The number of aromatic nitrogens is 1. The fraction of sp³-hybridized carbons (Fsp3) is 0.545. The second-order valence-electron chi connectivity index (χ2n) is 4.20. The van der Waals surface area contributed by atoms with Crippen LogP contribution in [0.2, 0.25) is 0 Å². The molecule has 0 amide bonds. The molecule has 1 aromatic heterocycles. The molecular formula is C11H16N2O2S2. The standard InChI is InChI=1S/C11H16N2O2S2/c1-2-5-13(8-11-12-4-6-16-11)10-3-7-17(14,15)9-10/h2,4,6,10H,1,3,5,7-9H2. The van der Waals surface area contributed by atoms with E-state index in [-0.39, 0.29) is 11.8 Å². The van der Waals surface area contributed by atoms with Crippen molar-refractivity contribution in [3.8, 4) is 0 Å². The normalized spacial score (nSPS) is 23.0. The van der Waals surface area contributed by atoms with Gasteiger partial charge in [-0.1, -0.05) is 6.08 Å². The fourth-order valence-electron chi connectivity index (χ4n) is 2.08. The predicted octanol–water partition coefficient (Wildman–Crippen LogP) is 1.32. The lowest BCUT2D eigenvalue weighted by Gasteiger charge is -2.25. The molecule has 1 aromatic rings. The molecule has 1 saturated heterocycles. The van der Waals surface area contributed by atoms with Crippen LogP contribution in [0.3, 0.4) is 0 Å². The second kappa shape index (κ2) is 5.29. The number of nitrogens with zero attached hydrogens (tertiary/aromatic N) is 2. The topological polar surface area (TPSA) is 50.3 Å². The van der Waals surface area contributed by atoms with E-state index in [0.717, 1.165) is 11.4 Å². The molecule has 17 heavy (non-hydrogen) atoms. The number of rotatable bonds is 5. The van der Waals surface area contributed by atoms with Crippen molar-refractivity contribution in [2.24, 2.45) is 0 Å². The Morgan fingerprint density at radius 1 is 1.65 bits per heavy atom. The first-order valence-electron chi connectivity index (χ1n) is 5.54. The van der Waals surface area contributed by atoms with Crippen LogP contribution in [0.5, 0.6) is 0 Å². The van der Waals surface area contributed by atoms with Crippen LogP contribution in [0.1, 0.15) is 11.4 Å². The fourth-order valence-corrected chi connectivity index (χ4v) is 4.48. The zero-order chi connectivity index (χ0) is 12.3. The Hall–Kier alpha value is -0.720. The number of sulfone groups is 1. The van der Waals surface area contributed by atoms with Crippen LogP contribution in [0.4, 0.5) is 0 Å². The van der Waals surface area contributed by atoms with Crippen molar-refractivity contribution in [1.82, 2.24) is 9.88 Å². The van der Waals surface area contributed by atoms with Gasteiger partial charge in [0.2, 0.25) is 0 Å². The molecule has 1 aliphatic rings. The molecule has 1 aliphatic heterocycles.